The van der Waals surface area contributed by atoms with E-state index in [-0.39, 0.29) is 39.9 Å². The molecule has 18 heteroatoms. The van der Waals surface area contributed by atoms with E-state index in [1.165, 1.54) is 42.5 Å². The number of aromatic hydroxyl groups is 1. The van der Waals surface area contributed by atoms with Crippen LogP contribution in [0.1, 0.15) is 84.4 Å². The fourth-order valence-electron chi connectivity index (χ4n) is 6.09. The molecule has 1 heterocycles. The van der Waals surface area contributed by atoms with Crippen molar-refractivity contribution in [2.45, 2.75) is 64.6 Å². The topological polar surface area (TPSA) is 206 Å². The molecule has 0 saturated heterocycles. The molecule has 4 aromatic rings. The van der Waals surface area contributed by atoms with Crippen molar-refractivity contribution in [1.82, 2.24) is 5.32 Å². The van der Waals surface area contributed by atoms with Crippen LogP contribution in [-0.4, -0.2) is 57.6 Å². The first-order valence-corrected chi connectivity index (χ1v) is 17.5. The molecule has 3 unspecified atom stereocenters. The lowest BCUT2D eigenvalue weighted by Crippen LogP contribution is -2.52. The lowest BCUT2D eigenvalue weighted by atomic mass is 9.80. The predicted octanol–water partition coefficient (Wildman–Crippen LogP) is 6.46. The molecule has 0 saturated carbocycles. The second kappa shape index (κ2) is 16.5. The average Bonchev–Trinajstić information content (AvgIpc) is 3.13. The van der Waals surface area contributed by atoms with Crippen LogP contribution in [0.15, 0.2) is 54.6 Å². The Balaban J connectivity index is 1.54. The molecule has 0 radical (unpaired) electrons. The summed E-state index contributed by atoms with van der Waals surface area (Å²) in [6.07, 6.45) is -0.578. The van der Waals surface area contributed by atoms with Crippen molar-refractivity contribution in [3.63, 3.8) is 0 Å². The summed E-state index contributed by atoms with van der Waals surface area (Å²) < 4.78 is 81.8. The number of nitrogens with one attached hydrogen (secondary N) is 3. The van der Waals surface area contributed by atoms with Crippen LogP contribution in [-0.2, 0) is 19.1 Å². The van der Waals surface area contributed by atoms with E-state index < -0.39 is 106 Å². The number of hydrogen-bond donors (Lipinski definition) is 6. The summed E-state index contributed by atoms with van der Waals surface area (Å²) in [5.41, 5.74) is 3.23. The van der Waals surface area contributed by atoms with Crippen molar-refractivity contribution >= 4 is 41.0 Å². The number of carboxylic acid groups (broad SMARTS) is 1. The van der Waals surface area contributed by atoms with Gasteiger partial charge in [0.05, 0.1) is 12.5 Å². The molecule has 5 rings (SSSR count). The van der Waals surface area contributed by atoms with E-state index in [1.54, 1.807) is 34.6 Å². The van der Waals surface area contributed by atoms with Gasteiger partial charge in [0.15, 0.2) is 23.3 Å². The molecular weight excluding hydrogens is 775 g/mol. The molecule has 1 aliphatic rings. The number of benzene rings is 4. The van der Waals surface area contributed by atoms with Gasteiger partial charge < -0.3 is 41.4 Å². The molecule has 0 bridgehead atoms. The number of carbonyl (C=O) groups excluding carboxylic acids is 4. The summed E-state index contributed by atoms with van der Waals surface area (Å²) >= 11 is 0. The van der Waals surface area contributed by atoms with Gasteiger partial charge in [0.1, 0.15) is 40.0 Å². The molecular formula is C40H37F5N4O9. The van der Waals surface area contributed by atoms with Crippen LogP contribution < -0.4 is 26.4 Å². The van der Waals surface area contributed by atoms with Crippen molar-refractivity contribution in [2.24, 2.45) is 11.7 Å². The van der Waals surface area contributed by atoms with Crippen LogP contribution >= 0.6 is 0 Å². The number of anilines is 2. The van der Waals surface area contributed by atoms with Gasteiger partial charge in [-0.2, -0.15) is 0 Å². The van der Waals surface area contributed by atoms with E-state index in [4.69, 9.17) is 15.2 Å². The molecule has 1 aliphatic heterocycles. The molecule has 4 aromatic carbocycles. The van der Waals surface area contributed by atoms with Crippen LogP contribution in [0.3, 0.4) is 0 Å². The largest absolute Gasteiger partial charge is 0.507 e. The van der Waals surface area contributed by atoms with Crippen LogP contribution in [0.5, 0.6) is 17.2 Å². The van der Waals surface area contributed by atoms with Crippen molar-refractivity contribution in [3.05, 3.63) is 112 Å². The summed E-state index contributed by atoms with van der Waals surface area (Å²) in [6, 6.07) is 9.37. The quantitative estimate of drug-likeness (QED) is 0.0371. The minimum Gasteiger partial charge on any atom is -0.507 e. The number of rotatable bonds is 11. The normalized spacial score (nSPS) is 14.3. The molecule has 7 N–H and O–H groups in total. The number of carbonyl (C=O) groups is 5. The van der Waals surface area contributed by atoms with Crippen LogP contribution in [0.25, 0.3) is 0 Å². The number of esters is 1. The lowest BCUT2D eigenvalue weighted by molar-refractivity contribution is -0.156. The van der Waals surface area contributed by atoms with Gasteiger partial charge in [-0.1, -0.05) is 38.1 Å². The van der Waals surface area contributed by atoms with Crippen LogP contribution in [0, 0.1) is 35.0 Å². The molecule has 0 fully saturated rings. The molecule has 306 valence electrons. The minimum atomic E-state index is -2.46. The first-order valence-electron chi connectivity index (χ1n) is 17.5. The monoisotopic (exact) mass is 812 g/mol. The van der Waals surface area contributed by atoms with E-state index in [9.17, 15) is 56.1 Å². The van der Waals surface area contributed by atoms with E-state index in [0.29, 0.717) is 5.56 Å². The molecule has 58 heavy (non-hydrogen) atoms. The summed E-state index contributed by atoms with van der Waals surface area (Å²) in [6.45, 7) is 8.23. The van der Waals surface area contributed by atoms with Crippen molar-refractivity contribution < 1.29 is 65.6 Å². The van der Waals surface area contributed by atoms with E-state index in [1.807, 2.05) is 0 Å². The number of aromatic carboxylic acids is 1. The number of ether oxygens (including phenoxy) is 2. The minimum absolute atomic E-state index is 0.0206. The molecule has 3 amide bonds. The third kappa shape index (κ3) is 8.86. The van der Waals surface area contributed by atoms with Crippen molar-refractivity contribution in [3.8, 4) is 17.2 Å². The number of amides is 3. The highest BCUT2D eigenvalue weighted by molar-refractivity contribution is 6.05. The Kier molecular flexibility index (Phi) is 12.1. The van der Waals surface area contributed by atoms with Gasteiger partial charge in [-0.25, -0.2) is 26.7 Å². The molecule has 0 aliphatic carbocycles. The highest BCUT2D eigenvalue weighted by Crippen LogP contribution is 2.50. The maximum Gasteiger partial charge on any atom is 0.339 e. The van der Waals surface area contributed by atoms with Crippen LogP contribution in [0.4, 0.5) is 33.3 Å². The fourth-order valence-corrected chi connectivity index (χ4v) is 6.09. The number of fused-ring (bicyclic) bond motifs is 2. The first kappa shape index (κ1) is 42.6. The molecule has 3 atom stereocenters. The maximum atomic E-state index is 14.5. The zero-order chi connectivity index (χ0) is 43.0. The Bertz CT molecular complexity index is 2320. The maximum absolute atomic E-state index is 14.5. The zero-order valence-electron chi connectivity index (χ0n) is 31.4. The molecule has 13 nitrogen and oxygen atoms in total. The summed E-state index contributed by atoms with van der Waals surface area (Å²) in [4.78, 5) is 64.6. The SMILES string of the molecule is CC(C)C(N)C(=O)NC(CC(=O)OC(C)(C)C)C(=O)Nc1ccc2c(c1)Oc1cc(NC(=O)c3c(F)c(F)c(F)c(F)c3F)ccc1C2c1cccc(O)c1C(=O)O. The van der Waals surface area contributed by atoms with E-state index in [2.05, 4.69) is 16.0 Å². The smallest absolute Gasteiger partial charge is 0.339 e. The summed E-state index contributed by atoms with van der Waals surface area (Å²) in [5.74, 6) is -19.5. The van der Waals surface area contributed by atoms with Gasteiger partial charge in [0.25, 0.3) is 5.91 Å². The zero-order valence-corrected chi connectivity index (χ0v) is 31.4. The predicted molar refractivity (Wildman–Crippen MR) is 197 cm³/mol. The Labute approximate surface area is 327 Å². The van der Waals surface area contributed by atoms with Gasteiger partial charge in [0.2, 0.25) is 17.6 Å². The summed E-state index contributed by atoms with van der Waals surface area (Å²) in [5, 5.41) is 27.8. The van der Waals surface area contributed by atoms with E-state index >= 15 is 0 Å². The highest BCUT2D eigenvalue weighted by Gasteiger charge is 2.35. The standard InChI is InChI=1S/C40H37F5N4O9/c1-16(2)35(46)38(54)49-22(15-26(51)58-40(3,4)5)36(52)47-17-9-11-19-24(13-17)57-25-14-18(48-37(53)29-30(41)32(43)34(45)33(44)31(29)42)10-12-20(25)27(19)21-7-6-8-23(50)28(21)39(55)56/h6-14,16,22,27,35,50H,15,46H2,1-5H3,(H,47,52)(H,48,53)(H,49,54)(H,55,56). The second-order valence-electron chi connectivity index (χ2n) is 14.6. The molecule has 0 spiro atoms. The highest BCUT2D eigenvalue weighted by atomic mass is 19.2. The Morgan fingerprint density at radius 1 is 0.776 bits per heavy atom. The Hall–Kier alpha value is -6.56. The third-order valence-electron chi connectivity index (χ3n) is 8.88. The van der Waals surface area contributed by atoms with Gasteiger partial charge in [0, 0.05) is 40.6 Å². The number of phenols is 1. The third-order valence-corrected chi connectivity index (χ3v) is 8.88. The van der Waals surface area contributed by atoms with Crippen molar-refractivity contribution in [2.75, 3.05) is 10.6 Å². The lowest BCUT2D eigenvalue weighted by Gasteiger charge is -2.30. The number of carboxylic acids is 1. The number of halogens is 5. The van der Waals surface area contributed by atoms with Gasteiger partial charge in [-0.3, -0.25) is 19.2 Å². The first-order chi connectivity index (χ1) is 27.1. The molecule has 0 aromatic heterocycles. The summed E-state index contributed by atoms with van der Waals surface area (Å²) in [7, 11) is 0. The Morgan fingerprint density at radius 2 is 1.31 bits per heavy atom. The van der Waals surface area contributed by atoms with Gasteiger partial charge in [-0.05, 0) is 50.5 Å². The average molecular weight is 813 g/mol. The van der Waals surface area contributed by atoms with Crippen molar-refractivity contribution in [1.29, 1.82) is 0 Å². The Morgan fingerprint density at radius 3 is 1.83 bits per heavy atom. The van der Waals surface area contributed by atoms with Gasteiger partial charge >= 0.3 is 11.9 Å². The van der Waals surface area contributed by atoms with Crippen LogP contribution in [0.2, 0.25) is 0 Å². The van der Waals surface area contributed by atoms with E-state index in [0.717, 1.165) is 12.1 Å². The fraction of sp³-hybridized carbons (Fsp3) is 0.275. The number of nitrogens with two attached hydrogens (primary N) is 1. The van der Waals surface area contributed by atoms with Gasteiger partial charge in [-0.15, -0.1) is 0 Å². The number of hydrogen-bond acceptors (Lipinski definition) is 9. The second-order valence-corrected chi connectivity index (χ2v) is 14.6.